The number of nitrogens with zero attached hydrogens (tertiary/aromatic N) is 1. The van der Waals surface area contributed by atoms with Crippen molar-refractivity contribution in [1.82, 2.24) is 0 Å². The van der Waals surface area contributed by atoms with Crippen molar-refractivity contribution in [3.8, 4) is 5.75 Å². The zero-order valence-corrected chi connectivity index (χ0v) is 21.3. The van der Waals surface area contributed by atoms with Gasteiger partial charge in [-0.25, -0.2) is 4.79 Å². The van der Waals surface area contributed by atoms with Crippen LogP contribution >= 0.6 is 22.9 Å². The molecule has 0 aliphatic carbocycles. The second-order valence-corrected chi connectivity index (χ2v) is 10.1. The fourth-order valence-corrected chi connectivity index (χ4v) is 6.11. The molecule has 0 spiro atoms. The number of carbonyl (C=O) groups is 1. The van der Waals surface area contributed by atoms with Gasteiger partial charge in [0.25, 0.3) is 0 Å². The van der Waals surface area contributed by atoms with Gasteiger partial charge in [0.05, 0.1) is 25.9 Å². The fourth-order valence-electron chi connectivity index (χ4n) is 5.01. The molecule has 0 bridgehead atoms. The summed E-state index contributed by atoms with van der Waals surface area (Å²) in [6, 6.07) is 20.1. The highest BCUT2D eigenvalue weighted by Crippen LogP contribution is 2.48. The van der Waals surface area contributed by atoms with Crippen LogP contribution in [0.2, 0.25) is 5.02 Å². The van der Waals surface area contributed by atoms with Gasteiger partial charge < -0.3 is 19.1 Å². The highest BCUT2D eigenvalue weighted by Gasteiger charge is 2.40. The van der Waals surface area contributed by atoms with E-state index < -0.39 is 11.6 Å². The molecule has 3 heterocycles. The molecular formula is C29H24ClNO4S. The second-order valence-electron chi connectivity index (χ2n) is 8.79. The first-order chi connectivity index (χ1) is 17.6. The van der Waals surface area contributed by atoms with Gasteiger partial charge in [0.1, 0.15) is 5.75 Å². The molecule has 1 atom stereocenters. The highest BCUT2D eigenvalue weighted by atomic mass is 35.5. The number of carbonyl (C=O) groups excluding carboxylic acids is 1. The Morgan fingerprint density at radius 1 is 1.08 bits per heavy atom. The number of fused-ring (bicyclic) bond motifs is 3. The summed E-state index contributed by atoms with van der Waals surface area (Å²) in [4.78, 5) is 15.0. The van der Waals surface area contributed by atoms with E-state index in [1.165, 1.54) is 7.11 Å². The van der Waals surface area contributed by atoms with Crippen LogP contribution in [0.5, 0.6) is 5.75 Å². The lowest BCUT2D eigenvalue weighted by Gasteiger charge is -2.37. The standard InChI is InChI=1S/C29H24ClNO4S/c1-33-28(32)23-18-26-22(11-17-36-26)27-21(23)10-12-29(35-27,24-4-2-3-5-25(24)30)19-6-8-20(9-7-19)31-13-15-34-16-14-31/h2-12,17-18H,13-16H2,1H3. The van der Waals surface area contributed by atoms with Crippen LogP contribution in [0.4, 0.5) is 5.69 Å². The fraction of sp³-hybridized carbons (Fsp3) is 0.207. The number of hydrogen-bond acceptors (Lipinski definition) is 6. The molecular weight excluding hydrogens is 494 g/mol. The van der Waals surface area contributed by atoms with Gasteiger partial charge in [0.15, 0.2) is 5.60 Å². The molecule has 1 saturated heterocycles. The minimum absolute atomic E-state index is 0.394. The van der Waals surface area contributed by atoms with Crippen molar-refractivity contribution in [2.45, 2.75) is 5.60 Å². The molecule has 1 fully saturated rings. The minimum atomic E-state index is -0.974. The summed E-state index contributed by atoms with van der Waals surface area (Å²) in [5.74, 6) is 0.253. The monoisotopic (exact) mass is 517 g/mol. The average molecular weight is 518 g/mol. The van der Waals surface area contributed by atoms with E-state index in [-0.39, 0.29) is 0 Å². The number of benzene rings is 3. The van der Waals surface area contributed by atoms with E-state index in [2.05, 4.69) is 29.2 Å². The third-order valence-electron chi connectivity index (χ3n) is 6.85. The lowest BCUT2D eigenvalue weighted by atomic mass is 9.82. The van der Waals surface area contributed by atoms with Crippen LogP contribution in [-0.4, -0.2) is 39.4 Å². The predicted octanol–water partition coefficient (Wildman–Crippen LogP) is 6.53. The molecule has 0 saturated carbocycles. The number of hydrogen-bond donors (Lipinski definition) is 0. The Balaban J connectivity index is 1.53. The van der Waals surface area contributed by atoms with E-state index in [1.54, 1.807) is 11.3 Å². The molecule has 0 radical (unpaired) electrons. The van der Waals surface area contributed by atoms with Gasteiger partial charge in [-0.1, -0.05) is 41.9 Å². The molecule has 182 valence electrons. The molecule has 7 heteroatoms. The molecule has 2 aliphatic rings. The minimum Gasteiger partial charge on any atom is -0.472 e. The van der Waals surface area contributed by atoms with Crippen molar-refractivity contribution >= 4 is 50.8 Å². The van der Waals surface area contributed by atoms with E-state index in [9.17, 15) is 4.79 Å². The highest BCUT2D eigenvalue weighted by molar-refractivity contribution is 7.17. The number of halogens is 1. The van der Waals surface area contributed by atoms with Crippen LogP contribution in [-0.2, 0) is 15.1 Å². The first kappa shape index (κ1) is 23.1. The quantitative estimate of drug-likeness (QED) is 0.288. The normalized spacial score (nSPS) is 19.1. The number of ether oxygens (including phenoxy) is 3. The molecule has 3 aromatic carbocycles. The second kappa shape index (κ2) is 9.28. The Kier molecular flexibility index (Phi) is 5.96. The SMILES string of the molecule is COC(=O)c1cc2sccc2c2c1C=CC(c1ccc(N3CCOCC3)cc1)(c1ccccc1Cl)O2. The Morgan fingerprint density at radius 2 is 1.86 bits per heavy atom. The van der Waals surface area contributed by atoms with Gasteiger partial charge in [-0.3, -0.25) is 0 Å². The Bertz CT molecular complexity index is 1470. The molecule has 1 unspecified atom stereocenters. The molecule has 1 aromatic heterocycles. The summed E-state index contributed by atoms with van der Waals surface area (Å²) in [5, 5.41) is 3.56. The summed E-state index contributed by atoms with van der Waals surface area (Å²) in [6.45, 7) is 3.19. The summed E-state index contributed by atoms with van der Waals surface area (Å²) >= 11 is 8.33. The van der Waals surface area contributed by atoms with E-state index in [4.69, 9.17) is 25.8 Å². The Hall–Kier alpha value is -3.32. The third kappa shape index (κ3) is 3.77. The van der Waals surface area contributed by atoms with Crippen molar-refractivity contribution in [2.24, 2.45) is 0 Å². The summed E-state index contributed by atoms with van der Waals surface area (Å²) < 4.78 is 18.5. The van der Waals surface area contributed by atoms with E-state index in [0.29, 0.717) is 21.9 Å². The van der Waals surface area contributed by atoms with Crippen molar-refractivity contribution in [2.75, 3.05) is 38.3 Å². The number of esters is 1. The molecule has 2 aliphatic heterocycles. The number of rotatable bonds is 4. The lowest BCUT2D eigenvalue weighted by Crippen LogP contribution is -2.37. The zero-order chi connectivity index (χ0) is 24.7. The Morgan fingerprint density at radius 3 is 2.61 bits per heavy atom. The topological polar surface area (TPSA) is 48.0 Å². The molecule has 0 N–H and O–H groups in total. The summed E-state index contributed by atoms with van der Waals surface area (Å²) in [7, 11) is 1.39. The van der Waals surface area contributed by atoms with Crippen LogP contribution in [0.15, 0.2) is 72.1 Å². The first-order valence-corrected chi connectivity index (χ1v) is 13.1. The van der Waals surface area contributed by atoms with Crippen molar-refractivity contribution < 1.29 is 19.0 Å². The van der Waals surface area contributed by atoms with E-state index >= 15 is 0 Å². The number of morpholine rings is 1. The largest absolute Gasteiger partial charge is 0.472 e. The first-order valence-electron chi connectivity index (χ1n) is 11.8. The molecule has 6 rings (SSSR count). The maximum absolute atomic E-state index is 12.7. The van der Waals surface area contributed by atoms with Gasteiger partial charge >= 0.3 is 5.97 Å². The van der Waals surface area contributed by atoms with Crippen molar-refractivity contribution in [3.05, 3.63) is 99.4 Å². The van der Waals surface area contributed by atoms with Gasteiger partial charge in [0.2, 0.25) is 0 Å². The number of methoxy groups -OCH3 is 1. The zero-order valence-electron chi connectivity index (χ0n) is 19.7. The van der Waals surface area contributed by atoms with Crippen LogP contribution < -0.4 is 9.64 Å². The third-order valence-corrected chi connectivity index (χ3v) is 8.04. The van der Waals surface area contributed by atoms with Gasteiger partial charge in [0, 0.05) is 50.6 Å². The van der Waals surface area contributed by atoms with Crippen LogP contribution in [0, 0.1) is 0 Å². The molecule has 36 heavy (non-hydrogen) atoms. The van der Waals surface area contributed by atoms with Gasteiger partial charge in [-0.05, 0) is 47.9 Å². The van der Waals surface area contributed by atoms with Crippen molar-refractivity contribution in [3.63, 3.8) is 0 Å². The summed E-state index contributed by atoms with van der Waals surface area (Å²) in [5.41, 5.74) is 3.14. The maximum Gasteiger partial charge on any atom is 0.338 e. The number of thiophene rings is 1. The van der Waals surface area contributed by atoms with Crippen LogP contribution in [0.1, 0.15) is 27.0 Å². The smallest absolute Gasteiger partial charge is 0.338 e. The van der Waals surface area contributed by atoms with Gasteiger partial charge in [-0.2, -0.15) is 0 Å². The predicted molar refractivity (Wildman–Crippen MR) is 145 cm³/mol. The van der Waals surface area contributed by atoms with Crippen LogP contribution in [0.3, 0.4) is 0 Å². The Labute approximate surface area is 218 Å². The van der Waals surface area contributed by atoms with E-state index in [0.717, 1.165) is 53.2 Å². The average Bonchev–Trinajstić information content (AvgIpc) is 3.42. The molecule has 4 aromatic rings. The lowest BCUT2D eigenvalue weighted by molar-refractivity contribution is 0.0599. The van der Waals surface area contributed by atoms with Crippen molar-refractivity contribution in [1.29, 1.82) is 0 Å². The summed E-state index contributed by atoms with van der Waals surface area (Å²) in [6.07, 6.45) is 3.95. The van der Waals surface area contributed by atoms with E-state index in [1.807, 2.05) is 53.9 Å². The van der Waals surface area contributed by atoms with Crippen LogP contribution in [0.25, 0.3) is 16.2 Å². The molecule has 0 amide bonds. The van der Waals surface area contributed by atoms with Gasteiger partial charge in [-0.15, -0.1) is 11.3 Å². The number of anilines is 1. The maximum atomic E-state index is 12.7. The molecule has 5 nitrogen and oxygen atoms in total.